The van der Waals surface area contributed by atoms with E-state index in [4.69, 9.17) is 0 Å². The first-order valence-electron chi connectivity index (χ1n) is 9.06. The Morgan fingerprint density at radius 2 is 2.00 bits per heavy atom. The van der Waals surface area contributed by atoms with Crippen LogP contribution < -0.4 is 0 Å². The maximum atomic E-state index is 13.0. The van der Waals surface area contributed by atoms with Gasteiger partial charge in [-0.05, 0) is 68.0 Å². The molecule has 0 radical (unpaired) electrons. The summed E-state index contributed by atoms with van der Waals surface area (Å²) in [4.78, 5) is 18.5. The molecule has 0 saturated carbocycles. The van der Waals surface area contributed by atoms with Gasteiger partial charge in [-0.2, -0.15) is 0 Å². The normalized spacial score (nSPS) is 17.4. The van der Waals surface area contributed by atoms with Gasteiger partial charge in [0.1, 0.15) is 0 Å². The number of amides is 1. The zero-order valence-corrected chi connectivity index (χ0v) is 14.9. The van der Waals surface area contributed by atoms with Crippen LogP contribution in [0.1, 0.15) is 39.9 Å². The highest BCUT2D eigenvalue weighted by atomic mass is 16.2. The van der Waals surface area contributed by atoms with Crippen LogP contribution in [0.5, 0.6) is 0 Å². The molecule has 4 rings (SSSR count). The summed E-state index contributed by atoms with van der Waals surface area (Å²) in [6.45, 7) is 5.01. The van der Waals surface area contributed by atoms with E-state index in [1.807, 2.05) is 24.3 Å². The fourth-order valence-corrected chi connectivity index (χ4v) is 3.91. The van der Waals surface area contributed by atoms with E-state index in [9.17, 15) is 4.79 Å². The van der Waals surface area contributed by atoms with E-state index < -0.39 is 0 Å². The highest BCUT2D eigenvalue weighted by Crippen LogP contribution is 2.27. The standard InChI is InChI=1S/C22H24N2O/c1-15-9-10-17(12-16(15)2)22(25)24-11-5-6-19(24)13-18-14-23-21-8-4-3-7-20(18)21/h3-4,7-10,12,14,19,23H,5-6,11,13H2,1-2H3. The van der Waals surface area contributed by atoms with Gasteiger partial charge < -0.3 is 9.88 Å². The molecule has 3 nitrogen and oxygen atoms in total. The third kappa shape index (κ3) is 2.95. The van der Waals surface area contributed by atoms with Crippen LogP contribution in [-0.2, 0) is 6.42 Å². The molecule has 1 N–H and O–H groups in total. The van der Waals surface area contributed by atoms with Gasteiger partial charge in [-0.15, -0.1) is 0 Å². The Balaban J connectivity index is 1.57. The van der Waals surface area contributed by atoms with Gasteiger partial charge in [-0.25, -0.2) is 0 Å². The number of rotatable bonds is 3. The predicted molar refractivity (Wildman–Crippen MR) is 102 cm³/mol. The summed E-state index contributed by atoms with van der Waals surface area (Å²) in [5, 5.41) is 1.27. The van der Waals surface area contributed by atoms with E-state index in [-0.39, 0.29) is 11.9 Å². The molecule has 1 saturated heterocycles. The number of nitrogens with one attached hydrogen (secondary N) is 1. The van der Waals surface area contributed by atoms with Gasteiger partial charge in [0.25, 0.3) is 5.91 Å². The maximum absolute atomic E-state index is 13.0. The Labute approximate surface area is 148 Å². The number of carbonyl (C=O) groups excluding carboxylic acids is 1. The molecule has 0 spiro atoms. The number of benzene rings is 2. The molecule has 2 aromatic carbocycles. The smallest absolute Gasteiger partial charge is 0.254 e. The minimum atomic E-state index is 0.172. The topological polar surface area (TPSA) is 36.1 Å². The molecule has 1 aromatic heterocycles. The summed E-state index contributed by atoms with van der Waals surface area (Å²) >= 11 is 0. The van der Waals surface area contributed by atoms with E-state index in [1.54, 1.807) is 0 Å². The van der Waals surface area contributed by atoms with Crippen LogP contribution in [0.4, 0.5) is 0 Å². The second kappa shape index (κ2) is 6.40. The zero-order valence-electron chi connectivity index (χ0n) is 14.9. The monoisotopic (exact) mass is 332 g/mol. The summed E-state index contributed by atoms with van der Waals surface area (Å²) in [7, 11) is 0. The number of aromatic amines is 1. The van der Waals surface area contributed by atoms with Crippen LogP contribution in [0, 0.1) is 13.8 Å². The molecular weight excluding hydrogens is 308 g/mol. The molecule has 0 aliphatic carbocycles. The SMILES string of the molecule is Cc1ccc(C(=O)N2CCCC2Cc2c[nH]c3ccccc23)cc1C. The molecule has 3 aromatic rings. The molecular formula is C22H24N2O. The van der Waals surface area contributed by atoms with E-state index >= 15 is 0 Å². The van der Waals surface area contributed by atoms with Gasteiger partial charge >= 0.3 is 0 Å². The van der Waals surface area contributed by atoms with E-state index in [1.165, 1.54) is 27.6 Å². The number of hydrogen-bond acceptors (Lipinski definition) is 1. The Morgan fingerprint density at radius 1 is 1.16 bits per heavy atom. The third-order valence-corrected chi connectivity index (χ3v) is 5.52. The van der Waals surface area contributed by atoms with Crippen molar-refractivity contribution in [2.24, 2.45) is 0 Å². The van der Waals surface area contributed by atoms with E-state index in [0.717, 1.165) is 31.4 Å². The Bertz CT molecular complexity index is 925. The van der Waals surface area contributed by atoms with Crippen LogP contribution in [0.25, 0.3) is 10.9 Å². The van der Waals surface area contributed by atoms with Crippen molar-refractivity contribution in [3.05, 3.63) is 70.9 Å². The second-order valence-corrected chi connectivity index (χ2v) is 7.16. The van der Waals surface area contributed by atoms with Crippen LogP contribution in [0.2, 0.25) is 0 Å². The summed E-state index contributed by atoms with van der Waals surface area (Å²) in [6.07, 6.45) is 5.18. The highest BCUT2D eigenvalue weighted by molar-refractivity contribution is 5.95. The van der Waals surface area contributed by atoms with Crippen LogP contribution in [-0.4, -0.2) is 28.4 Å². The first kappa shape index (κ1) is 15.9. The van der Waals surface area contributed by atoms with E-state index in [2.05, 4.69) is 48.1 Å². The molecule has 0 bridgehead atoms. The molecule has 128 valence electrons. The number of fused-ring (bicyclic) bond motifs is 1. The van der Waals surface area contributed by atoms with Crippen molar-refractivity contribution < 1.29 is 4.79 Å². The number of hydrogen-bond donors (Lipinski definition) is 1. The average molecular weight is 332 g/mol. The van der Waals surface area contributed by atoms with Crippen LogP contribution in [0.15, 0.2) is 48.7 Å². The molecule has 1 amide bonds. The molecule has 1 aliphatic heterocycles. The van der Waals surface area contributed by atoms with Gasteiger partial charge in [-0.3, -0.25) is 4.79 Å². The fraction of sp³-hybridized carbons (Fsp3) is 0.318. The number of aromatic nitrogens is 1. The van der Waals surface area contributed by atoms with Crippen LogP contribution in [0.3, 0.4) is 0 Å². The molecule has 2 heterocycles. The van der Waals surface area contributed by atoms with Crippen molar-refractivity contribution >= 4 is 16.8 Å². The third-order valence-electron chi connectivity index (χ3n) is 5.52. The first-order valence-corrected chi connectivity index (χ1v) is 9.06. The number of H-pyrrole nitrogens is 1. The number of aryl methyl sites for hydroxylation is 2. The van der Waals surface area contributed by atoms with Crippen molar-refractivity contribution in [2.45, 2.75) is 39.2 Å². The van der Waals surface area contributed by atoms with Crippen molar-refractivity contribution in [1.29, 1.82) is 0 Å². The largest absolute Gasteiger partial charge is 0.361 e. The molecule has 1 fully saturated rings. The quantitative estimate of drug-likeness (QED) is 0.746. The Kier molecular flexibility index (Phi) is 4.08. The molecule has 25 heavy (non-hydrogen) atoms. The zero-order chi connectivity index (χ0) is 17.4. The number of nitrogens with zero attached hydrogens (tertiary/aromatic N) is 1. The summed E-state index contributed by atoms with van der Waals surface area (Å²) in [5.41, 5.74) is 5.70. The molecule has 1 unspecified atom stereocenters. The number of likely N-dealkylation sites (tertiary alicyclic amines) is 1. The van der Waals surface area contributed by atoms with Gasteiger partial charge in [0.2, 0.25) is 0 Å². The number of para-hydroxylation sites is 1. The lowest BCUT2D eigenvalue weighted by Gasteiger charge is -2.25. The summed E-state index contributed by atoms with van der Waals surface area (Å²) in [5.74, 6) is 0.172. The van der Waals surface area contributed by atoms with Gasteiger partial charge in [0, 0.05) is 35.2 Å². The van der Waals surface area contributed by atoms with Gasteiger partial charge in [-0.1, -0.05) is 24.3 Å². The van der Waals surface area contributed by atoms with Gasteiger partial charge in [0.05, 0.1) is 0 Å². The van der Waals surface area contributed by atoms with Crippen molar-refractivity contribution in [2.75, 3.05) is 6.54 Å². The van der Waals surface area contributed by atoms with Crippen molar-refractivity contribution in [3.8, 4) is 0 Å². The minimum absolute atomic E-state index is 0.172. The Morgan fingerprint density at radius 3 is 2.84 bits per heavy atom. The first-order chi connectivity index (χ1) is 12.1. The fourth-order valence-electron chi connectivity index (χ4n) is 3.91. The van der Waals surface area contributed by atoms with Crippen LogP contribution >= 0.6 is 0 Å². The molecule has 1 aliphatic rings. The lowest BCUT2D eigenvalue weighted by atomic mass is 10.0. The van der Waals surface area contributed by atoms with Crippen molar-refractivity contribution in [1.82, 2.24) is 9.88 Å². The maximum Gasteiger partial charge on any atom is 0.254 e. The highest BCUT2D eigenvalue weighted by Gasteiger charge is 2.30. The second-order valence-electron chi connectivity index (χ2n) is 7.16. The Hall–Kier alpha value is -2.55. The van der Waals surface area contributed by atoms with Gasteiger partial charge in [0.15, 0.2) is 0 Å². The molecule has 1 atom stereocenters. The predicted octanol–water partition coefficient (Wildman–Crippen LogP) is 4.63. The van der Waals surface area contributed by atoms with E-state index in [0.29, 0.717) is 0 Å². The van der Waals surface area contributed by atoms with Crippen molar-refractivity contribution in [3.63, 3.8) is 0 Å². The average Bonchev–Trinajstić information content (AvgIpc) is 3.25. The molecule has 3 heteroatoms. The lowest BCUT2D eigenvalue weighted by Crippen LogP contribution is -2.36. The number of carbonyl (C=O) groups is 1. The lowest BCUT2D eigenvalue weighted by molar-refractivity contribution is 0.0736. The summed E-state index contributed by atoms with van der Waals surface area (Å²) in [6, 6.07) is 14.7. The summed E-state index contributed by atoms with van der Waals surface area (Å²) < 4.78 is 0. The minimum Gasteiger partial charge on any atom is -0.361 e.